The molecule has 0 unspecified atom stereocenters. The zero-order chi connectivity index (χ0) is 11.8. The van der Waals surface area contributed by atoms with Crippen molar-refractivity contribution in [3.63, 3.8) is 0 Å². The van der Waals surface area contributed by atoms with Crippen LogP contribution >= 0.6 is 11.8 Å². The van der Waals surface area contributed by atoms with Crippen LogP contribution in [0.15, 0.2) is 35.2 Å². The first-order chi connectivity index (χ1) is 7.72. The molecule has 1 nitrogen and oxygen atoms in total. The van der Waals surface area contributed by atoms with Crippen LogP contribution in [0.1, 0.15) is 32.3 Å². The molecule has 0 bridgehead atoms. The maximum absolute atomic E-state index is 10.8. The van der Waals surface area contributed by atoms with Gasteiger partial charge in [-0.2, -0.15) is 0 Å². The summed E-state index contributed by atoms with van der Waals surface area (Å²) in [5.41, 5.74) is 1.08. The van der Waals surface area contributed by atoms with Gasteiger partial charge in [0, 0.05) is 4.90 Å². The second-order valence-electron chi connectivity index (χ2n) is 3.72. The van der Waals surface area contributed by atoms with Gasteiger partial charge in [0.05, 0.1) is 0 Å². The van der Waals surface area contributed by atoms with E-state index in [1.165, 1.54) is 23.5 Å². The van der Waals surface area contributed by atoms with E-state index in [0.717, 1.165) is 5.56 Å². The maximum Gasteiger partial charge on any atom is 0.152 e. The van der Waals surface area contributed by atoms with Gasteiger partial charge in [-0.25, -0.2) is 0 Å². The molecule has 0 fully saturated rings. The third kappa shape index (κ3) is 5.17. The van der Waals surface area contributed by atoms with E-state index in [4.69, 9.17) is 0 Å². The lowest BCUT2D eigenvalue weighted by molar-refractivity contribution is -0.112. The van der Waals surface area contributed by atoms with E-state index in [1.807, 2.05) is 30.0 Å². The number of unbranched alkanes of at least 4 members (excludes halogenated alkanes) is 1. The second kappa shape index (κ2) is 7.29. The van der Waals surface area contributed by atoms with Crippen molar-refractivity contribution in [2.45, 2.75) is 31.6 Å². The Hall–Kier alpha value is -1.02. The van der Waals surface area contributed by atoms with Crippen LogP contribution in [0.5, 0.6) is 0 Å². The molecule has 16 heavy (non-hydrogen) atoms. The monoisotopic (exact) mass is 234 g/mol. The molecule has 0 aliphatic heterocycles. The normalized spacial score (nSPS) is 10.9. The first-order valence-electron chi connectivity index (χ1n) is 5.64. The quantitative estimate of drug-likeness (QED) is 0.417. The van der Waals surface area contributed by atoms with Crippen molar-refractivity contribution in [3.05, 3.63) is 35.9 Å². The minimum atomic E-state index is 0.0846. The van der Waals surface area contributed by atoms with Crippen molar-refractivity contribution in [3.8, 4) is 0 Å². The fraction of sp³-hybridized carbons (Fsp3) is 0.357. The summed E-state index contributed by atoms with van der Waals surface area (Å²) in [4.78, 5) is 12.1. The van der Waals surface area contributed by atoms with Crippen LogP contribution in [0.2, 0.25) is 0 Å². The molecule has 2 heteroatoms. The molecule has 0 saturated carbocycles. The van der Waals surface area contributed by atoms with Crippen molar-refractivity contribution in [2.75, 3.05) is 5.75 Å². The molecule has 0 radical (unpaired) electrons. The van der Waals surface area contributed by atoms with E-state index < -0.39 is 0 Å². The summed E-state index contributed by atoms with van der Waals surface area (Å²) in [5.74, 6) is 1.26. The van der Waals surface area contributed by atoms with Crippen LogP contribution in [0.4, 0.5) is 0 Å². The van der Waals surface area contributed by atoms with Gasteiger partial charge in [0.15, 0.2) is 5.78 Å². The van der Waals surface area contributed by atoms with Gasteiger partial charge in [0.2, 0.25) is 0 Å². The van der Waals surface area contributed by atoms with Gasteiger partial charge < -0.3 is 0 Å². The van der Waals surface area contributed by atoms with Gasteiger partial charge >= 0.3 is 0 Å². The fourth-order valence-corrected chi connectivity index (χ4v) is 2.22. The number of allylic oxidation sites excluding steroid dienone is 1. The molecule has 0 saturated heterocycles. The summed E-state index contributed by atoms with van der Waals surface area (Å²) in [6.07, 6.45) is 5.95. The highest BCUT2D eigenvalue weighted by molar-refractivity contribution is 7.99. The van der Waals surface area contributed by atoms with Crippen LogP contribution in [0.25, 0.3) is 6.08 Å². The Bertz CT molecular complexity index is 352. The summed E-state index contributed by atoms with van der Waals surface area (Å²) in [6, 6.07) is 8.32. The van der Waals surface area contributed by atoms with Gasteiger partial charge in [0.1, 0.15) is 0 Å². The number of hydrogen-bond donors (Lipinski definition) is 0. The smallest absolute Gasteiger partial charge is 0.152 e. The Morgan fingerprint density at radius 1 is 1.31 bits per heavy atom. The van der Waals surface area contributed by atoms with Crippen molar-refractivity contribution < 1.29 is 4.79 Å². The van der Waals surface area contributed by atoms with Gasteiger partial charge in [0.25, 0.3) is 0 Å². The molecule has 0 amide bonds. The average molecular weight is 234 g/mol. The summed E-state index contributed by atoms with van der Waals surface area (Å²) in [5, 5.41) is 0. The Labute approximate surface area is 102 Å². The molecule has 1 rings (SSSR count). The number of rotatable bonds is 6. The molecule has 0 spiro atoms. The third-order valence-corrected chi connectivity index (χ3v) is 3.26. The summed E-state index contributed by atoms with van der Waals surface area (Å²) >= 11 is 1.89. The molecule has 0 aliphatic carbocycles. The van der Waals surface area contributed by atoms with E-state index in [-0.39, 0.29) is 5.78 Å². The first kappa shape index (κ1) is 13.0. The molecular formula is C14H18OS. The van der Waals surface area contributed by atoms with Gasteiger partial charge in [-0.1, -0.05) is 31.6 Å². The second-order valence-corrected chi connectivity index (χ2v) is 4.88. The zero-order valence-electron chi connectivity index (χ0n) is 9.90. The van der Waals surface area contributed by atoms with Crippen molar-refractivity contribution >= 4 is 23.6 Å². The number of thioether (sulfide) groups is 1. The van der Waals surface area contributed by atoms with Crippen LogP contribution in [-0.4, -0.2) is 11.5 Å². The molecule has 0 heterocycles. The van der Waals surface area contributed by atoms with Gasteiger partial charge in [-0.05, 0) is 42.9 Å². The SMILES string of the molecule is CCCCSc1ccc(/C=C/C(C)=O)cc1. The van der Waals surface area contributed by atoms with Gasteiger partial charge in [-0.3, -0.25) is 4.79 Å². The summed E-state index contributed by atoms with van der Waals surface area (Å²) in [7, 11) is 0. The minimum Gasteiger partial charge on any atom is -0.295 e. The van der Waals surface area contributed by atoms with Crippen molar-refractivity contribution in [1.82, 2.24) is 0 Å². The van der Waals surface area contributed by atoms with Crippen LogP contribution < -0.4 is 0 Å². The molecule has 1 aromatic carbocycles. The van der Waals surface area contributed by atoms with Gasteiger partial charge in [-0.15, -0.1) is 11.8 Å². The Morgan fingerprint density at radius 2 is 2.00 bits per heavy atom. The predicted octanol–water partition coefficient (Wildman–Crippen LogP) is 4.18. The molecule has 86 valence electrons. The predicted molar refractivity (Wildman–Crippen MR) is 71.8 cm³/mol. The van der Waals surface area contributed by atoms with Crippen molar-refractivity contribution in [1.29, 1.82) is 0 Å². The lowest BCUT2D eigenvalue weighted by atomic mass is 10.2. The fourth-order valence-electron chi connectivity index (χ4n) is 1.22. The minimum absolute atomic E-state index is 0.0846. The zero-order valence-corrected chi connectivity index (χ0v) is 10.7. The molecule has 0 aromatic heterocycles. The number of hydrogen-bond acceptors (Lipinski definition) is 2. The summed E-state index contributed by atoms with van der Waals surface area (Å²) < 4.78 is 0. The third-order valence-electron chi connectivity index (χ3n) is 2.16. The standard InChI is InChI=1S/C14H18OS/c1-3-4-11-16-14-9-7-13(8-10-14)6-5-12(2)15/h5-10H,3-4,11H2,1-2H3/b6-5+. The Kier molecular flexibility index (Phi) is 5.94. The molecule has 0 aliphatic rings. The highest BCUT2D eigenvalue weighted by atomic mass is 32.2. The Balaban J connectivity index is 2.51. The highest BCUT2D eigenvalue weighted by Crippen LogP contribution is 2.20. The summed E-state index contributed by atoms with van der Waals surface area (Å²) in [6.45, 7) is 3.77. The number of benzene rings is 1. The van der Waals surface area contributed by atoms with Crippen molar-refractivity contribution in [2.24, 2.45) is 0 Å². The number of carbonyl (C=O) groups is 1. The largest absolute Gasteiger partial charge is 0.295 e. The van der Waals surface area contributed by atoms with E-state index in [0.29, 0.717) is 0 Å². The maximum atomic E-state index is 10.8. The average Bonchev–Trinajstić information content (AvgIpc) is 2.28. The lowest BCUT2D eigenvalue weighted by Crippen LogP contribution is -1.81. The number of carbonyl (C=O) groups excluding carboxylic acids is 1. The molecule has 0 atom stereocenters. The first-order valence-corrected chi connectivity index (χ1v) is 6.62. The molecular weight excluding hydrogens is 216 g/mol. The van der Waals surface area contributed by atoms with Crippen LogP contribution in [0, 0.1) is 0 Å². The van der Waals surface area contributed by atoms with Crippen LogP contribution in [-0.2, 0) is 4.79 Å². The van der Waals surface area contributed by atoms with E-state index in [2.05, 4.69) is 19.1 Å². The lowest BCUT2D eigenvalue weighted by Gasteiger charge is -2.00. The topological polar surface area (TPSA) is 17.1 Å². The highest BCUT2D eigenvalue weighted by Gasteiger charge is 1.93. The van der Waals surface area contributed by atoms with Crippen LogP contribution in [0.3, 0.4) is 0 Å². The molecule has 0 N–H and O–H groups in total. The Morgan fingerprint density at radius 3 is 2.56 bits per heavy atom. The molecule has 1 aromatic rings. The van der Waals surface area contributed by atoms with E-state index >= 15 is 0 Å². The number of ketones is 1. The van der Waals surface area contributed by atoms with E-state index in [9.17, 15) is 4.79 Å². The van der Waals surface area contributed by atoms with E-state index in [1.54, 1.807) is 13.0 Å².